The molecule has 0 fully saturated rings. The Hall–Kier alpha value is -3.49. The van der Waals surface area contributed by atoms with Gasteiger partial charge in [0.05, 0.1) is 64.7 Å². The number of rotatable bonds is 26. The second-order valence-electron chi connectivity index (χ2n) is 10.4. The van der Waals surface area contributed by atoms with E-state index in [0.717, 1.165) is 22.4 Å². The molecule has 12 heteroatoms. The number of nitrogens with one attached hydrogen (secondary N) is 2. The summed E-state index contributed by atoms with van der Waals surface area (Å²) in [5.74, 6) is 1.05. The van der Waals surface area contributed by atoms with Gasteiger partial charge < -0.3 is 44.8 Å². The minimum absolute atomic E-state index is 0.0594. The van der Waals surface area contributed by atoms with Gasteiger partial charge in [-0.05, 0) is 28.8 Å². The molecule has 0 saturated heterocycles. The van der Waals surface area contributed by atoms with E-state index in [2.05, 4.69) is 71.3 Å². The van der Waals surface area contributed by atoms with E-state index in [1.165, 1.54) is 0 Å². The molecule has 0 heterocycles. The Balaban J connectivity index is 1.31. The van der Waals surface area contributed by atoms with Gasteiger partial charge in [0.15, 0.2) is 0 Å². The maximum atomic E-state index is 12.5. The summed E-state index contributed by atoms with van der Waals surface area (Å²) in [5, 5.41) is 5.68. The van der Waals surface area contributed by atoms with E-state index in [0.29, 0.717) is 65.0 Å². The van der Waals surface area contributed by atoms with Gasteiger partial charge in [0, 0.05) is 25.4 Å². The molecule has 0 saturated carbocycles. The first-order valence-electron chi connectivity index (χ1n) is 16.1. The summed E-state index contributed by atoms with van der Waals surface area (Å²) in [6.45, 7) is 4.21. The van der Waals surface area contributed by atoms with E-state index in [1.54, 1.807) is 18.9 Å². The maximum absolute atomic E-state index is 12.5. The van der Waals surface area contributed by atoms with E-state index < -0.39 is 4.75 Å². The average Bonchev–Trinajstić information content (AvgIpc) is 3.13. The molecule has 2 amide bonds. The molecule has 3 aromatic carbocycles. The molecular weight excluding hydrogens is 634 g/mol. The molecule has 0 aliphatic rings. The van der Waals surface area contributed by atoms with Crippen molar-refractivity contribution in [3.8, 4) is 5.75 Å². The molecule has 0 atom stereocenters. The summed E-state index contributed by atoms with van der Waals surface area (Å²) < 4.78 is 31.7. The van der Waals surface area contributed by atoms with Gasteiger partial charge in [0.25, 0.3) is 0 Å². The van der Waals surface area contributed by atoms with Crippen LogP contribution in [0.3, 0.4) is 0 Å². The number of carbonyl (C=O) groups excluding carboxylic acids is 2. The van der Waals surface area contributed by atoms with Crippen molar-refractivity contribution in [1.29, 1.82) is 0 Å². The Morgan fingerprint density at radius 2 is 1.06 bits per heavy atom. The van der Waals surface area contributed by atoms with E-state index in [-0.39, 0.29) is 38.2 Å². The number of hydrogen-bond donors (Lipinski definition) is 3. The highest BCUT2D eigenvalue weighted by molar-refractivity contribution is 8.00. The van der Waals surface area contributed by atoms with Gasteiger partial charge in [0.2, 0.25) is 11.8 Å². The van der Waals surface area contributed by atoms with E-state index >= 15 is 0 Å². The largest absolute Gasteiger partial charge is 0.497 e. The fraction of sp³-hybridized carbons (Fsp3) is 0.444. The highest BCUT2D eigenvalue weighted by Crippen LogP contribution is 2.48. The van der Waals surface area contributed by atoms with Crippen molar-refractivity contribution in [3.63, 3.8) is 0 Å². The van der Waals surface area contributed by atoms with Crippen LogP contribution in [0.4, 0.5) is 0 Å². The molecule has 3 aromatic rings. The van der Waals surface area contributed by atoms with Gasteiger partial charge in [-0.25, -0.2) is 0 Å². The molecule has 0 aliphatic heterocycles. The predicted molar refractivity (Wildman–Crippen MR) is 187 cm³/mol. The van der Waals surface area contributed by atoms with Crippen LogP contribution in [-0.2, 0) is 38.0 Å². The lowest BCUT2D eigenvalue weighted by Gasteiger charge is -2.35. The molecule has 3 rings (SSSR count). The van der Waals surface area contributed by atoms with Crippen LogP contribution in [0.25, 0.3) is 0 Å². The molecule has 262 valence electrons. The van der Waals surface area contributed by atoms with Crippen molar-refractivity contribution >= 4 is 23.6 Å². The molecule has 0 radical (unpaired) electrons. The number of benzene rings is 3. The van der Waals surface area contributed by atoms with Gasteiger partial charge in [-0.3, -0.25) is 9.59 Å². The van der Waals surface area contributed by atoms with E-state index in [9.17, 15) is 9.59 Å². The number of nitrogens with two attached hydrogens (primary N) is 1. The quantitative estimate of drug-likeness (QED) is 0.0855. The Kier molecular flexibility index (Phi) is 19.3. The summed E-state index contributed by atoms with van der Waals surface area (Å²) in [6, 6.07) is 29.0. The van der Waals surface area contributed by atoms with Crippen LogP contribution < -0.4 is 21.1 Å². The molecular formula is C36H49N3O8S. The van der Waals surface area contributed by atoms with Gasteiger partial charge in [-0.15, -0.1) is 11.8 Å². The molecule has 0 aromatic heterocycles. The van der Waals surface area contributed by atoms with Crippen LogP contribution in [0.2, 0.25) is 0 Å². The highest BCUT2D eigenvalue weighted by Gasteiger charge is 2.36. The number of methoxy groups -OCH3 is 1. The van der Waals surface area contributed by atoms with Crippen LogP contribution in [0.1, 0.15) is 16.7 Å². The van der Waals surface area contributed by atoms with Gasteiger partial charge in [0.1, 0.15) is 19.0 Å². The third kappa shape index (κ3) is 13.9. The Morgan fingerprint density at radius 1 is 0.604 bits per heavy atom. The molecule has 48 heavy (non-hydrogen) atoms. The highest BCUT2D eigenvalue weighted by atomic mass is 32.2. The van der Waals surface area contributed by atoms with Crippen LogP contribution >= 0.6 is 11.8 Å². The average molecular weight is 684 g/mol. The van der Waals surface area contributed by atoms with E-state index in [4.69, 9.17) is 34.2 Å². The Morgan fingerprint density at radius 3 is 1.58 bits per heavy atom. The lowest BCUT2D eigenvalue weighted by atomic mass is 9.84. The Bertz CT molecular complexity index is 1250. The lowest BCUT2D eigenvalue weighted by molar-refractivity contribution is -0.126. The van der Waals surface area contributed by atoms with Crippen molar-refractivity contribution in [3.05, 3.63) is 102 Å². The predicted octanol–water partition coefficient (Wildman–Crippen LogP) is 2.99. The zero-order valence-corrected chi connectivity index (χ0v) is 28.6. The molecule has 0 aliphatic carbocycles. The number of thioether (sulfide) groups is 1. The van der Waals surface area contributed by atoms with Crippen LogP contribution in [0.5, 0.6) is 5.75 Å². The number of ether oxygens (including phenoxy) is 6. The maximum Gasteiger partial charge on any atom is 0.246 e. The van der Waals surface area contributed by atoms with Crippen molar-refractivity contribution < 1.29 is 38.0 Å². The second-order valence-corrected chi connectivity index (χ2v) is 11.7. The van der Waals surface area contributed by atoms with E-state index in [1.807, 2.05) is 24.3 Å². The summed E-state index contributed by atoms with van der Waals surface area (Å²) in [6.07, 6.45) is 0. The minimum Gasteiger partial charge on any atom is -0.497 e. The third-order valence-corrected chi connectivity index (χ3v) is 8.56. The standard InChI is InChI=1S/C36H49N3O8S/c1-42-33-14-12-32(13-15-33)36(30-8-4-2-5-9-30,31-10-6-3-7-11-31)48-27-18-39-35(41)29-47-26-24-45-23-25-46-28-34(40)38-17-20-44-22-21-43-19-16-37/h2-15H,16-29,37H2,1H3,(H,38,40)(H,39,41). The van der Waals surface area contributed by atoms with Crippen LogP contribution in [0.15, 0.2) is 84.9 Å². The second kappa shape index (κ2) is 23.8. The topological polar surface area (TPSA) is 140 Å². The molecule has 4 N–H and O–H groups in total. The first-order valence-corrected chi connectivity index (χ1v) is 17.1. The zero-order chi connectivity index (χ0) is 34.1. The number of amides is 2. The van der Waals surface area contributed by atoms with Gasteiger partial charge in [-0.2, -0.15) is 0 Å². The summed E-state index contributed by atoms with van der Waals surface area (Å²) in [4.78, 5) is 24.3. The molecule has 11 nitrogen and oxygen atoms in total. The zero-order valence-electron chi connectivity index (χ0n) is 27.7. The first-order chi connectivity index (χ1) is 23.6. The summed E-state index contributed by atoms with van der Waals surface area (Å²) in [7, 11) is 1.66. The van der Waals surface area contributed by atoms with Crippen LogP contribution in [0, 0.1) is 0 Å². The van der Waals surface area contributed by atoms with Gasteiger partial charge >= 0.3 is 0 Å². The van der Waals surface area contributed by atoms with Crippen molar-refractivity contribution in [1.82, 2.24) is 10.6 Å². The van der Waals surface area contributed by atoms with Gasteiger partial charge in [-0.1, -0.05) is 72.8 Å². The Labute approximate surface area is 288 Å². The van der Waals surface area contributed by atoms with Crippen LogP contribution in [-0.4, -0.2) is 110 Å². The van der Waals surface area contributed by atoms with Crippen molar-refractivity contribution in [2.45, 2.75) is 4.75 Å². The molecule has 0 unspecified atom stereocenters. The first kappa shape index (κ1) is 39.0. The molecule has 0 spiro atoms. The summed E-state index contributed by atoms with van der Waals surface area (Å²) in [5.41, 5.74) is 8.76. The minimum atomic E-state index is -0.490. The summed E-state index contributed by atoms with van der Waals surface area (Å²) >= 11 is 1.77. The van der Waals surface area contributed by atoms with Crippen molar-refractivity contribution in [2.24, 2.45) is 5.73 Å². The monoisotopic (exact) mass is 683 g/mol. The number of hydrogen-bond acceptors (Lipinski definition) is 10. The number of carbonyl (C=O) groups is 2. The van der Waals surface area contributed by atoms with Crippen molar-refractivity contribution in [2.75, 3.05) is 98.6 Å². The fourth-order valence-corrected chi connectivity index (χ4v) is 6.17. The molecule has 0 bridgehead atoms. The normalized spacial score (nSPS) is 11.3. The SMILES string of the molecule is COc1ccc(C(SCCNC(=O)COCCOCCOCC(=O)NCCOCCOCCN)(c2ccccc2)c2ccccc2)cc1. The third-order valence-electron chi connectivity index (χ3n) is 7.01. The fourth-order valence-electron chi connectivity index (χ4n) is 4.75. The smallest absolute Gasteiger partial charge is 0.246 e. The lowest BCUT2D eigenvalue weighted by Crippen LogP contribution is -2.32.